The molecule has 0 aliphatic carbocycles. The molecule has 0 bridgehead atoms. The number of thiophene rings is 1. The quantitative estimate of drug-likeness (QED) is 0.709. The van der Waals surface area contributed by atoms with Gasteiger partial charge in [-0.1, -0.05) is 11.2 Å². The van der Waals surface area contributed by atoms with Crippen LogP contribution in [-0.4, -0.2) is 30.7 Å². The normalized spacial score (nSPS) is 11.4. The van der Waals surface area contributed by atoms with Crippen LogP contribution < -0.4 is 5.32 Å². The summed E-state index contributed by atoms with van der Waals surface area (Å²) >= 11 is 1.51. The fourth-order valence-electron chi connectivity index (χ4n) is 2.09. The first-order valence-corrected chi connectivity index (χ1v) is 10.2. The Morgan fingerprint density at radius 2 is 2.00 bits per heavy atom. The summed E-state index contributed by atoms with van der Waals surface area (Å²) < 4.78 is 27.9. The third kappa shape index (κ3) is 4.52. The number of aromatic nitrogens is 2. The number of carbonyl (C=O) groups is 1. The molecule has 9 heteroatoms. The monoisotopic (exact) mass is 377 g/mol. The molecule has 3 aromatic rings. The molecule has 1 amide bonds. The Labute approximate surface area is 148 Å². The van der Waals surface area contributed by atoms with Crippen LogP contribution in [0.25, 0.3) is 10.7 Å². The van der Waals surface area contributed by atoms with E-state index in [2.05, 4.69) is 15.5 Å². The molecule has 0 saturated heterocycles. The van der Waals surface area contributed by atoms with E-state index in [1.165, 1.54) is 23.5 Å². The maximum atomic E-state index is 12.0. The van der Waals surface area contributed by atoms with E-state index in [9.17, 15) is 13.2 Å². The highest BCUT2D eigenvalue weighted by molar-refractivity contribution is 7.90. The summed E-state index contributed by atoms with van der Waals surface area (Å²) in [4.78, 5) is 17.4. The Balaban J connectivity index is 1.55. The van der Waals surface area contributed by atoms with E-state index in [-0.39, 0.29) is 17.2 Å². The number of nitrogens with one attached hydrogen (secondary N) is 1. The van der Waals surface area contributed by atoms with Crippen molar-refractivity contribution in [3.05, 3.63) is 47.7 Å². The molecule has 0 fully saturated rings. The van der Waals surface area contributed by atoms with Gasteiger partial charge in [-0.2, -0.15) is 4.98 Å². The van der Waals surface area contributed by atoms with Crippen LogP contribution in [0.5, 0.6) is 0 Å². The third-order valence-corrected chi connectivity index (χ3v) is 5.34. The highest BCUT2D eigenvalue weighted by Crippen LogP contribution is 2.21. The lowest BCUT2D eigenvalue weighted by Gasteiger charge is -2.05. The molecule has 0 atom stereocenters. The van der Waals surface area contributed by atoms with Crippen molar-refractivity contribution in [1.29, 1.82) is 0 Å². The zero-order chi connectivity index (χ0) is 17.9. The van der Waals surface area contributed by atoms with Gasteiger partial charge in [-0.15, -0.1) is 11.3 Å². The highest BCUT2D eigenvalue weighted by atomic mass is 32.2. The SMILES string of the molecule is CS(=O)(=O)c1ccc(NC(=O)CCc2nc(-c3cccs3)no2)cc1. The van der Waals surface area contributed by atoms with Gasteiger partial charge in [0.2, 0.25) is 17.6 Å². The summed E-state index contributed by atoms with van der Waals surface area (Å²) in [5, 5.41) is 8.52. The first-order chi connectivity index (χ1) is 11.9. The second-order valence-corrected chi connectivity index (χ2v) is 8.30. The van der Waals surface area contributed by atoms with Crippen LogP contribution in [-0.2, 0) is 21.1 Å². The van der Waals surface area contributed by atoms with Gasteiger partial charge in [-0.25, -0.2) is 8.42 Å². The Kier molecular flexibility index (Phi) is 4.95. The first-order valence-electron chi connectivity index (χ1n) is 7.38. The zero-order valence-electron chi connectivity index (χ0n) is 13.3. The van der Waals surface area contributed by atoms with Crippen molar-refractivity contribution in [3.63, 3.8) is 0 Å². The van der Waals surface area contributed by atoms with Crippen molar-refractivity contribution in [2.24, 2.45) is 0 Å². The fraction of sp³-hybridized carbons (Fsp3) is 0.188. The molecule has 2 heterocycles. The maximum Gasteiger partial charge on any atom is 0.227 e. The molecular formula is C16H15N3O4S2. The van der Waals surface area contributed by atoms with E-state index < -0.39 is 9.84 Å². The number of amides is 1. The van der Waals surface area contributed by atoms with Gasteiger partial charge in [0, 0.05) is 24.8 Å². The Hall–Kier alpha value is -2.52. The molecule has 0 aliphatic heterocycles. The number of sulfone groups is 1. The fourth-order valence-corrected chi connectivity index (χ4v) is 3.37. The molecule has 7 nitrogen and oxygen atoms in total. The Morgan fingerprint density at radius 1 is 1.24 bits per heavy atom. The second-order valence-electron chi connectivity index (χ2n) is 5.33. The van der Waals surface area contributed by atoms with Crippen molar-refractivity contribution in [3.8, 4) is 10.7 Å². The van der Waals surface area contributed by atoms with Crippen LogP contribution in [0, 0.1) is 0 Å². The Morgan fingerprint density at radius 3 is 2.64 bits per heavy atom. The molecule has 0 unspecified atom stereocenters. The van der Waals surface area contributed by atoms with Crippen molar-refractivity contribution in [2.45, 2.75) is 17.7 Å². The van der Waals surface area contributed by atoms with Gasteiger partial charge in [0.1, 0.15) is 0 Å². The summed E-state index contributed by atoms with van der Waals surface area (Å²) in [5.41, 5.74) is 0.530. The number of nitrogens with zero attached hydrogens (tertiary/aromatic N) is 2. The topological polar surface area (TPSA) is 102 Å². The molecule has 130 valence electrons. The molecule has 1 N–H and O–H groups in total. The summed E-state index contributed by atoms with van der Waals surface area (Å²) in [5.74, 6) is 0.690. The van der Waals surface area contributed by atoms with Crippen LogP contribution in [0.1, 0.15) is 12.3 Å². The summed E-state index contributed by atoms with van der Waals surface area (Å²) in [7, 11) is -3.25. The van der Waals surface area contributed by atoms with E-state index in [4.69, 9.17) is 4.52 Å². The largest absolute Gasteiger partial charge is 0.339 e. The van der Waals surface area contributed by atoms with Gasteiger partial charge < -0.3 is 9.84 Å². The number of rotatable bonds is 6. The smallest absolute Gasteiger partial charge is 0.227 e. The predicted octanol–water partition coefficient (Wildman–Crippen LogP) is 2.77. The predicted molar refractivity (Wildman–Crippen MR) is 94.1 cm³/mol. The van der Waals surface area contributed by atoms with Crippen LogP contribution in [0.15, 0.2) is 51.2 Å². The molecule has 0 radical (unpaired) electrons. The number of anilines is 1. The van der Waals surface area contributed by atoms with Crippen molar-refractivity contribution in [2.75, 3.05) is 11.6 Å². The third-order valence-electron chi connectivity index (χ3n) is 3.34. The lowest BCUT2D eigenvalue weighted by atomic mass is 10.2. The molecule has 0 aliphatic rings. The Bertz CT molecular complexity index is 961. The molecule has 1 aromatic carbocycles. The molecular weight excluding hydrogens is 362 g/mol. The number of carbonyl (C=O) groups excluding carboxylic acids is 1. The summed E-state index contributed by atoms with van der Waals surface area (Å²) in [6, 6.07) is 9.81. The molecule has 2 aromatic heterocycles. The first kappa shape index (κ1) is 17.3. The lowest BCUT2D eigenvalue weighted by molar-refractivity contribution is -0.116. The van der Waals surface area contributed by atoms with Crippen molar-refractivity contribution in [1.82, 2.24) is 10.1 Å². The van der Waals surface area contributed by atoms with E-state index in [0.717, 1.165) is 11.1 Å². The number of aryl methyl sites for hydroxylation is 1. The van der Waals surface area contributed by atoms with Crippen LogP contribution in [0.2, 0.25) is 0 Å². The summed E-state index contributed by atoms with van der Waals surface area (Å²) in [6.45, 7) is 0. The molecule has 3 rings (SSSR count). The van der Waals surface area contributed by atoms with Gasteiger partial charge in [0.25, 0.3) is 0 Å². The standard InChI is InChI=1S/C16H15N3O4S2/c1-25(21,22)12-6-4-11(5-7-12)17-14(20)8-9-15-18-16(19-23-15)13-3-2-10-24-13/h2-7,10H,8-9H2,1H3,(H,17,20). The zero-order valence-corrected chi connectivity index (χ0v) is 14.9. The lowest BCUT2D eigenvalue weighted by Crippen LogP contribution is -2.12. The van der Waals surface area contributed by atoms with Gasteiger partial charge in [0.15, 0.2) is 9.84 Å². The summed E-state index contributed by atoms with van der Waals surface area (Å²) in [6.07, 6.45) is 1.64. The minimum absolute atomic E-state index is 0.180. The second kappa shape index (κ2) is 7.16. The van der Waals surface area contributed by atoms with Crippen LogP contribution in [0.4, 0.5) is 5.69 Å². The van der Waals surface area contributed by atoms with Gasteiger partial charge >= 0.3 is 0 Å². The van der Waals surface area contributed by atoms with E-state index in [1.807, 2.05) is 17.5 Å². The minimum atomic E-state index is -3.25. The average molecular weight is 377 g/mol. The van der Waals surface area contributed by atoms with Crippen molar-refractivity contribution < 1.29 is 17.7 Å². The highest BCUT2D eigenvalue weighted by Gasteiger charge is 2.12. The number of hydrogen-bond acceptors (Lipinski definition) is 7. The van der Waals surface area contributed by atoms with Crippen LogP contribution in [0.3, 0.4) is 0 Å². The van der Waals surface area contributed by atoms with E-state index in [1.54, 1.807) is 12.1 Å². The van der Waals surface area contributed by atoms with Gasteiger partial charge in [-0.05, 0) is 35.7 Å². The number of hydrogen-bond donors (Lipinski definition) is 1. The van der Waals surface area contributed by atoms with Crippen LogP contribution >= 0.6 is 11.3 Å². The average Bonchev–Trinajstić information content (AvgIpc) is 3.24. The minimum Gasteiger partial charge on any atom is -0.339 e. The molecule has 25 heavy (non-hydrogen) atoms. The van der Waals surface area contributed by atoms with E-state index >= 15 is 0 Å². The molecule has 0 spiro atoms. The maximum absolute atomic E-state index is 12.0. The van der Waals surface area contributed by atoms with Gasteiger partial charge in [0.05, 0.1) is 9.77 Å². The number of benzene rings is 1. The van der Waals surface area contributed by atoms with Gasteiger partial charge in [-0.3, -0.25) is 4.79 Å². The molecule has 0 saturated carbocycles. The van der Waals surface area contributed by atoms with Crippen molar-refractivity contribution >= 4 is 32.8 Å². The van der Waals surface area contributed by atoms with E-state index in [0.29, 0.717) is 23.8 Å².